The fourth-order valence-electron chi connectivity index (χ4n) is 2.54. The van der Waals surface area contributed by atoms with Gasteiger partial charge in [-0.2, -0.15) is 0 Å². The minimum Gasteiger partial charge on any atom is -0.391 e. The zero-order chi connectivity index (χ0) is 11.7. The minimum absolute atomic E-state index is 0.220. The summed E-state index contributed by atoms with van der Waals surface area (Å²) in [5.41, 5.74) is 2.31. The third-order valence-electron chi connectivity index (χ3n) is 3.53. The van der Waals surface area contributed by atoms with Gasteiger partial charge in [-0.3, -0.25) is 4.98 Å². The summed E-state index contributed by atoms with van der Waals surface area (Å²) < 4.78 is 0. The average molecular weight is 228 g/mol. The van der Waals surface area contributed by atoms with Gasteiger partial charge in [0.1, 0.15) is 0 Å². The molecule has 0 spiro atoms. The lowest BCUT2D eigenvalue weighted by Crippen LogP contribution is -2.20. The van der Waals surface area contributed by atoms with Gasteiger partial charge in [-0.15, -0.1) is 0 Å². The number of para-hydroxylation sites is 1. The maximum absolute atomic E-state index is 9.84. The number of pyridine rings is 1. The zero-order valence-electron chi connectivity index (χ0n) is 9.63. The molecule has 3 heteroatoms. The molecule has 1 aromatic carbocycles. The highest BCUT2D eigenvalue weighted by atomic mass is 16.3. The summed E-state index contributed by atoms with van der Waals surface area (Å²) in [5.74, 6) is 0.320. The van der Waals surface area contributed by atoms with Crippen LogP contribution in [0.15, 0.2) is 36.5 Å². The first-order valence-corrected chi connectivity index (χ1v) is 6.06. The van der Waals surface area contributed by atoms with Crippen LogP contribution in [0.25, 0.3) is 10.9 Å². The molecular weight excluding hydrogens is 212 g/mol. The number of nitrogens with one attached hydrogen (secondary N) is 1. The molecule has 0 amide bonds. The fraction of sp³-hybridized carbons (Fsp3) is 0.357. The van der Waals surface area contributed by atoms with Crippen molar-refractivity contribution in [2.45, 2.75) is 12.5 Å². The van der Waals surface area contributed by atoms with Gasteiger partial charge in [0.25, 0.3) is 0 Å². The van der Waals surface area contributed by atoms with E-state index in [1.54, 1.807) is 0 Å². The third kappa shape index (κ3) is 2.04. The highest BCUT2D eigenvalue weighted by molar-refractivity contribution is 5.81. The number of rotatable bonds is 2. The van der Waals surface area contributed by atoms with Crippen LogP contribution in [0.5, 0.6) is 0 Å². The lowest BCUT2D eigenvalue weighted by molar-refractivity contribution is 0.148. The smallest absolute Gasteiger partial charge is 0.0708 e. The van der Waals surface area contributed by atoms with Gasteiger partial charge in [-0.05, 0) is 24.1 Å². The molecular formula is C14H16N2O. The molecule has 1 aliphatic heterocycles. The van der Waals surface area contributed by atoms with Gasteiger partial charge in [0, 0.05) is 30.6 Å². The maximum atomic E-state index is 9.84. The predicted molar refractivity (Wildman–Crippen MR) is 67.8 cm³/mol. The molecule has 88 valence electrons. The van der Waals surface area contributed by atoms with Crippen molar-refractivity contribution in [3.05, 3.63) is 42.1 Å². The van der Waals surface area contributed by atoms with Gasteiger partial charge in [0.05, 0.1) is 11.6 Å². The summed E-state index contributed by atoms with van der Waals surface area (Å²) in [5, 5.41) is 14.3. The van der Waals surface area contributed by atoms with E-state index in [9.17, 15) is 5.11 Å². The van der Waals surface area contributed by atoms with Gasteiger partial charge >= 0.3 is 0 Å². The molecule has 2 aromatic rings. The SMILES string of the molecule is O[C@H]1CNC[C@H]1Cc1ccnc2ccccc12. The highest BCUT2D eigenvalue weighted by Gasteiger charge is 2.25. The molecule has 1 aliphatic rings. The molecule has 1 aromatic heterocycles. The monoisotopic (exact) mass is 228 g/mol. The van der Waals surface area contributed by atoms with Crippen molar-refractivity contribution in [1.29, 1.82) is 0 Å². The molecule has 2 atom stereocenters. The molecule has 17 heavy (non-hydrogen) atoms. The Morgan fingerprint density at radius 1 is 1.24 bits per heavy atom. The van der Waals surface area contributed by atoms with Crippen LogP contribution in [0.3, 0.4) is 0 Å². The number of aliphatic hydroxyl groups excluding tert-OH is 1. The first kappa shape index (κ1) is 10.7. The Kier molecular flexibility index (Phi) is 2.79. The number of fused-ring (bicyclic) bond motifs is 1. The number of hydrogen-bond acceptors (Lipinski definition) is 3. The predicted octanol–water partition coefficient (Wildman–Crippen LogP) is 1.36. The maximum Gasteiger partial charge on any atom is 0.0708 e. The van der Waals surface area contributed by atoms with Gasteiger partial charge < -0.3 is 10.4 Å². The van der Waals surface area contributed by atoms with Crippen LogP contribution in [-0.4, -0.2) is 29.3 Å². The van der Waals surface area contributed by atoms with E-state index in [0.29, 0.717) is 12.5 Å². The van der Waals surface area contributed by atoms with E-state index in [1.807, 2.05) is 24.4 Å². The second-order valence-electron chi connectivity index (χ2n) is 4.68. The molecule has 2 N–H and O–H groups in total. The Bertz CT molecular complexity index is 521. The van der Waals surface area contributed by atoms with Crippen molar-refractivity contribution in [2.24, 2.45) is 5.92 Å². The number of aliphatic hydroxyl groups is 1. The van der Waals surface area contributed by atoms with E-state index in [1.165, 1.54) is 10.9 Å². The summed E-state index contributed by atoms with van der Waals surface area (Å²) in [6, 6.07) is 10.2. The molecule has 3 nitrogen and oxygen atoms in total. The minimum atomic E-state index is -0.220. The van der Waals surface area contributed by atoms with Crippen LogP contribution in [0, 0.1) is 5.92 Å². The molecule has 0 saturated carbocycles. The normalized spacial score (nSPS) is 24.3. The second kappa shape index (κ2) is 4.43. The highest BCUT2D eigenvalue weighted by Crippen LogP contribution is 2.22. The Hall–Kier alpha value is -1.45. The van der Waals surface area contributed by atoms with Gasteiger partial charge in [-0.1, -0.05) is 18.2 Å². The Morgan fingerprint density at radius 2 is 2.12 bits per heavy atom. The van der Waals surface area contributed by atoms with E-state index in [-0.39, 0.29) is 6.10 Å². The Balaban J connectivity index is 1.94. The van der Waals surface area contributed by atoms with Crippen molar-refractivity contribution < 1.29 is 5.11 Å². The number of aromatic nitrogens is 1. The lowest BCUT2D eigenvalue weighted by Gasteiger charge is -2.14. The van der Waals surface area contributed by atoms with Crippen LogP contribution in [0.4, 0.5) is 0 Å². The first-order chi connectivity index (χ1) is 8.34. The topological polar surface area (TPSA) is 45.1 Å². The molecule has 0 unspecified atom stereocenters. The summed E-state index contributed by atoms with van der Waals surface area (Å²) >= 11 is 0. The third-order valence-corrected chi connectivity index (χ3v) is 3.53. The van der Waals surface area contributed by atoms with Crippen LogP contribution in [0.1, 0.15) is 5.56 Å². The van der Waals surface area contributed by atoms with Crippen molar-refractivity contribution in [1.82, 2.24) is 10.3 Å². The molecule has 0 aliphatic carbocycles. The van der Waals surface area contributed by atoms with E-state index in [4.69, 9.17) is 0 Å². The van der Waals surface area contributed by atoms with Crippen LogP contribution in [-0.2, 0) is 6.42 Å². The van der Waals surface area contributed by atoms with Crippen LogP contribution >= 0.6 is 0 Å². The van der Waals surface area contributed by atoms with Crippen LogP contribution < -0.4 is 5.32 Å². The average Bonchev–Trinajstić information content (AvgIpc) is 2.76. The largest absolute Gasteiger partial charge is 0.391 e. The summed E-state index contributed by atoms with van der Waals surface area (Å²) in [7, 11) is 0. The van der Waals surface area contributed by atoms with Gasteiger partial charge in [0.2, 0.25) is 0 Å². The molecule has 0 radical (unpaired) electrons. The van der Waals surface area contributed by atoms with Crippen molar-refractivity contribution >= 4 is 10.9 Å². The molecule has 1 fully saturated rings. The summed E-state index contributed by atoms with van der Waals surface area (Å²) in [6.07, 6.45) is 2.55. The number of hydrogen-bond donors (Lipinski definition) is 2. The molecule has 0 bridgehead atoms. The van der Waals surface area contributed by atoms with Crippen molar-refractivity contribution in [2.75, 3.05) is 13.1 Å². The molecule has 3 rings (SSSR count). The van der Waals surface area contributed by atoms with E-state index in [2.05, 4.69) is 22.4 Å². The zero-order valence-corrected chi connectivity index (χ0v) is 9.63. The Labute approximate surface area is 100 Å². The molecule has 1 saturated heterocycles. The number of β-amino-alcohol motifs (C(OH)–C–C–N with tert-alkyl or cyclic N) is 1. The second-order valence-corrected chi connectivity index (χ2v) is 4.68. The summed E-state index contributed by atoms with van der Waals surface area (Å²) in [4.78, 5) is 4.36. The van der Waals surface area contributed by atoms with Gasteiger partial charge in [-0.25, -0.2) is 0 Å². The van der Waals surface area contributed by atoms with E-state index < -0.39 is 0 Å². The summed E-state index contributed by atoms with van der Waals surface area (Å²) in [6.45, 7) is 1.62. The number of nitrogens with zero attached hydrogens (tertiary/aromatic N) is 1. The standard InChI is InChI=1S/C14H16N2O/c17-14-9-15-8-11(14)7-10-5-6-16-13-4-2-1-3-12(10)13/h1-6,11,14-15,17H,7-9H2/t11-,14+/m1/s1. The van der Waals surface area contributed by atoms with Crippen molar-refractivity contribution in [3.63, 3.8) is 0 Å². The van der Waals surface area contributed by atoms with E-state index >= 15 is 0 Å². The van der Waals surface area contributed by atoms with Gasteiger partial charge in [0.15, 0.2) is 0 Å². The van der Waals surface area contributed by atoms with Crippen LogP contribution in [0.2, 0.25) is 0 Å². The first-order valence-electron chi connectivity index (χ1n) is 6.06. The quantitative estimate of drug-likeness (QED) is 0.815. The lowest BCUT2D eigenvalue weighted by atomic mass is 9.94. The van der Waals surface area contributed by atoms with E-state index in [0.717, 1.165) is 18.5 Å². The van der Waals surface area contributed by atoms with Crippen molar-refractivity contribution in [3.8, 4) is 0 Å². The molecule has 2 heterocycles. The fourth-order valence-corrected chi connectivity index (χ4v) is 2.54. The number of benzene rings is 1. The Morgan fingerprint density at radius 3 is 2.94 bits per heavy atom.